The van der Waals surface area contributed by atoms with E-state index in [4.69, 9.17) is 0 Å². The minimum atomic E-state index is 0.164. The van der Waals surface area contributed by atoms with Crippen LogP contribution in [0.3, 0.4) is 0 Å². The summed E-state index contributed by atoms with van der Waals surface area (Å²) in [6.45, 7) is 10.3. The lowest BCUT2D eigenvalue weighted by atomic mass is 10.0. The van der Waals surface area contributed by atoms with Gasteiger partial charge in [-0.25, -0.2) is 0 Å². The Morgan fingerprint density at radius 3 is 2.29 bits per heavy atom. The highest BCUT2D eigenvalue weighted by molar-refractivity contribution is 5.50. The summed E-state index contributed by atoms with van der Waals surface area (Å²) < 4.78 is 2.04. The Hall–Kier alpha value is -1.51. The Morgan fingerprint density at radius 1 is 1.12 bits per heavy atom. The summed E-state index contributed by atoms with van der Waals surface area (Å²) in [7, 11) is 0. The molecule has 0 radical (unpaired) electrons. The standard InChI is InChI=1S/C14H20N2O/c1-8(2)11-6-16-7-12(9(3)4)15-14(16)10(5)13(11)17/h6-9,15H,1-5H3. The van der Waals surface area contributed by atoms with Crippen molar-refractivity contribution in [3.8, 4) is 0 Å². The van der Waals surface area contributed by atoms with E-state index in [1.54, 1.807) is 0 Å². The Bertz CT molecular complexity index is 602. The summed E-state index contributed by atoms with van der Waals surface area (Å²) in [5.74, 6) is 0.697. The lowest BCUT2D eigenvalue weighted by molar-refractivity contribution is 0.832. The molecule has 17 heavy (non-hydrogen) atoms. The first-order valence-corrected chi connectivity index (χ1v) is 6.16. The number of aryl methyl sites for hydroxylation is 1. The van der Waals surface area contributed by atoms with Gasteiger partial charge in [0.25, 0.3) is 0 Å². The van der Waals surface area contributed by atoms with E-state index in [2.05, 4.69) is 38.9 Å². The molecular formula is C14H20N2O. The van der Waals surface area contributed by atoms with Gasteiger partial charge in [0, 0.05) is 29.2 Å². The van der Waals surface area contributed by atoms with E-state index >= 15 is 0 Å². The maximum Gasteiger partial charge on any atom is 0.190 e. The summed E-state index contributed by atoms with van der Waals surface area (Å²) in [4.78, 5) is 15.5. The first-order valence-electron chi connectivity index (χ1n) is 6.16. The van der Waals surface area contributed by atoms with Crippen LogP contribution in [-0.4, -0.2) is 9.38 Å². The number of pyridine rings is 1. The van der Waals surface area contributed by atoms with Crippen molar-refractivity contribution in [3.63, 3.8) is 0 Å². The van der Waals surface area contributed by atoms with E-state index in [-0.39, 0.29) is 11.3 Å². The molecule has 0 aliphatic rings. The maximum atomic E-state index is 12.2. The number of imidazole rings is 1. The number of aromatic amines is 1. The number of nitrogens with zero attached hydrogens (tertiary/aromatic N) is 1. The minimum absolute atomic E-state index is 0.164. The third kappa shape index (κ3) is 1.90. The number of hydrogen-bond donors (Lipinski definition) is 1. The highest BCUT2D eigenvalue weighted by Crippen LogP contribution is 2.18. The van der Waals surface area contributed by atoms with Crippen LogP contribution in [0.4, 0.5) is 0 Å². The van der Waals surface area contributed by atoms with Gasteiger partial charge >= 0.3 is 0 Å². The van der Waals surface area contributed by atoms with Gasteiger partial charge in [-0.15, -0.1) is 0 Å². The van der Waals surface area contributed by atoms with Crippen LogP contribution in [0.5, 0.6) is 0 Å². The largest absolute Gasteiger partial charge is 0.343 e. The van der Waals surface area contributed by atoms with E-state index in [1.165, 1.54) is 0 Å². The van der Waals surface area contributed by atoms with E-state index in [1.807, 2.05) is 17.5 Å². The molecule has 2 heterocycles. The van der Waals surface area contributed by atoms with Gasteiger partial charge in [-0.05, 0) is 18.8 Å². The molecule has 0 unspecified atom stereocenters. The van der Waals surface area contributed by atoms with Gasteiger partial charge in [0.05, 0.1) is 0 Å². The van der Waals surface area contributed by atoms with Crippen LogP contribution in [0.25, 0.3) is 5.65 Å². The van der Waals surface area contributed by atoms with Crippen molar-refractivity contribution in [1.82, 2.24) is 9.38 Å². The van der Waals surface area contributed by atoms with Crippen molar-refractivity contribution in [3.05, 3.63) is 39.4 Å². The summed E-state index contributed by atoms with van der Waals surface area (Å²) in [6.07, 6.45) is 4.04. The van der Waals surface area contributed by atoms with Crippen molar-refractivity contribution in [2.45, 2.75) is 46.5 Å². The van der Waals surface area contributed by atoms with Crippen molar-refractivity contribution in [1.29, 1.82) is 0 Å². The third-order valence-electron chi connectivity index (χ3n) is 3.28. The molecule has 3 nitrogen and oxygen atoms in total. The Balaban J connectivity index is 2.77. The van der Waals surface area contributed by atoms with Gasteiger partial charge in [0.2, 0.25) is 0 Å². The Morgan fingerprint density at radius 2 is 1.76 bits per heavy atom. The van der Waals surface area contributed by atoms with E-state index in [0.717, 1.165) is 22.5 Å². The predicted molar refractivity (Wildman–Crippen MR) is 70.9 cm³/mol. The molecule has 92 valence electrons. The summed E-state index contributed by atoms with van der Waals surface area (Å²) >= 11 is 0. The first-order chi connectivity index (χ1) is 7.91. The average Bonchev–Trinajstić information content (AvgIpc) is 2.67. The number of fused-ring (bicyclic) bond motifs is 1. The highest BCUT2D eigenvalue weighted by Gasteiger charge is 2.13. The number of H-pyrrole nitrogens is 1. The monoisotopic (exact) mass is 232 g/mol. The molecule has 0 aliphatic carbocycles. The van der Waals surface area contributed by atoms with E-state index in [0.29, 0.717) is 5.92 Å². The molecule has 0 saturated carbocycles. The fourth-order valence-corrected chi connectivity index (χ4v) is 2.07. The zero-order chi connectivity index (χ0) is 12.7. The maximum absolute atomic E-state index is 12.2. The molecule has 2 aromatic rings. The van der Waals surface area contributed by atoms with Gasteiger partial charge in [-0.2, -0.15) is 0 Å². The third-order valence-corrected chi connectivity index (χ3v) is 3.28. The number of hydrogen-bond acceptors (Lipinski definition) is 1. The van der Waals surface area contributed by atoms with Crippen molar-refractivity contribution in [2.24, 2.45) is 0 Å². The van der Waals surface area contributed by atoms with Crippen LogP contribution in [0.15, 0.2) is 17.2 Å². The smallest absolute Gasteiger partial charge is 0.190 e. The summed E-state index contributed by atoms with van der Waals surface area (Å²) in [5, 5.41) is 0. The van der Waals surface area contributed by atoms with E-state index < -0.39 is 0 Å². The molecule has 0 fully saturated rings. The molecule has 3 heteroatoms. The molecule has 0 aromatic carbocycles. The second-order valence-electron chi connectivity index (χ2n) is 5.31. The molecule has 0 saturated heterocycles. The fraction of sp³-hybridized carbons (Fsp3) is 0.500. The molecule has 2 aromatic heterocycles. The minimum Gasteiger partial charge on any atom is -0.343 e. The summed E-state index contributed by atoms with van der Waals surface area (Å²) in [5.41, 5.74) is 3.94. The van der Waals surface area contributed by atoms with Gasteiger partial charge in [-0.3, -0.25) is 4.79 Å². The molecule has 0 atom stereocenters. The highest BCUT2D eigenvalue weighted by atomic mass is 16.1. The zero-order valence-corrected chi connectivity index (χ0v) is 11.2. The number of rotatable bonds is 2. The number of nitrogens with one attached hydrogen (secondary N) is 1. The van der Waals surface area contributed by atoms with Gasteiger partial charge in [-0.1, -0.05) is 27.7 Å². The molecule has 0 aliphatic heterocycles. The predicted octanol–water partition coefficient (Wildman–Crippen LogP) is 3.18. The van der Waals surface area contributed by atoms with Crippen LogP contribution < -0.4 is 5.43 Å². The average molecular weight is 232 g/mol. The molecule has 0 bridgehead atoms. The van der Waals surface area contributed by atoms with Crippen molar-refractivity contribution >= 4 is 5.65 Å². The van der Waals surface area contributed by atoms with Crippen molar-refractivity contribution < 1.29 is 0 Å². The molecular weight excluding hydrogens is 212 g/mol. The van der Waals surface area contributed by atoms with Gasteiger partial charge in [0.15, 0.2) is 5.43 Å². The normalized spacial score (nSPS) is 11.9. The molecule has 1 N–H and O–H groups in total. The lowest BCUT2D eigenvalue weighted by Crippen LogP contribution is -2.15. The van der Waals surface area contributed by atoms with Gasteiger partial charge in [0.1, 0.15) is 5.65 Å². The second-order valence-corrected chi connectivity index (χ2v) is 5.31. The van der Waals surface area contributed by atoms with Crippen molar-refractivity contribution in [2.75, 3.05) is 0 Å². The van der Waals surface area contributed by atoms with Crippen LogP contribution in [0.1, 0.15) is 56.4 Å². The lowest BCUT2D eigenvalue weighted by Gasteiger charge is -2.06. The van der Waals surface area contributed by atoms with Crippen LogP contribution >= 0.6 is 0 Å². The van der Waals surface area contributed by atoms with Crippen LogP contribution in [-0.2, 0) is 0 Å². The summed E-state index contributed by atoms with van der Waals surface area (Å²) in [6, 6.07) is 0. The molecule has 0 spiro atoms. The molecule has 0 amide bonds. The topological polar surface area (TPSA) is 37.3 Å². The van der Waals surface area contributed by atoms with Gasteiger partial charge < -0.3 is 9.38 Å². The SMILES string of the molecule is Cc1c(=O)c(C(C)C)cn2cc(C(C)C)[nH]c12. The molecule has 2 rings (SSSR count). The fourth-order valence-electron chi connectivity index (χ4n) is 2.07. The Kier molecular flexibility index (Phi) is 2.86. The quantitative estimate of drug-likeness (QED) is 0.848. The Labute approximate surface area is 101 Å². The zero-order valence-electron chi connectivity index (χ0n) is 11.2. The van der Waals surface area contributed by atoms with Crippen LogP contribution in [0.2, 0.25) is 0 Å². The number of aromatic nitrogens is 2. The second kappa shape index (κ2) is 4.06. The van der Waals surface area contributed by atoms with E-state index in [9.17, 15) is 4.79 Å². The van der Waals surface area contributed by atoms with Crippen LogP contribution in [0, 0.1) is 6.92 Å². The first kappa shape index (κ1) is 12.0.